The summed E-state index contributed by atoms with van der Waals surface area (Å²) < 4.78 is 25.1. The van der Waals surface area contributed by atoms with Crippen LogP contribution in [0.1, 0.15) is 23.1 Å². The highest BCUT2D eigenvalue weighted by molar-refractivity contribution is 5.15. The Morgan fingerprint density at radius 1 is 0.636 bits per heavy atom. The molecule has 1 saturated heterocycles. The van der Waals surface area contributed by atoms with Crippen molar-refractivity contribution in [3.05, 3.63) is 108 Å². The minimum atomic E-state index is -0.289. The topological polar surface area (TPSA) is 36.9 Å². The zero-order valence-electron chi connectivity index (χ0n) is 18.7. The average Bonchev–Trinajstić information content (AvgIpc) is 3.19. The molecule has 4 nitrogen and oxygen atoms in total. The van der Waals surface area contributed by atoms with Crippen molar-refractivity contribution in [2.75, 3.05) is 6.61 Å². The van der Waals surface area contributed by atoms with Gasteiger partial charge >= 0.3 is 0 Å². The Labute approximate surface area is 196 Å². The van der Waals surface area contributed by atoms with Crippen molar-refractivity contribution in [3.8, 4) is 12.3 Å². The van der Waals surface area contributed by atoms with Gasteiger partial charge in [-0.05, 0) is 16.7 Å². The molecule has 1 heterocycles. The molecule has 0 aliphatic carbocycles. The van der Waals surface area contributed by atoms with Crippen molar-refractivity contribution in [1.29, 1.82) is 0 Å². The van der Waals surface area contributed by atoms with Gasteiger partial charge in [0.15, 0.2) is 0 Å². The van der Waals surface area contributed by atoms with Crippen molar-refractivity contribution in [2.24, 2.45) is 0 Å². The fraction of sp³-hybridized carbons (Fsp3) is 0.310. The Morgan fingerprint density at radius 3 is 1.58 bits per heavy atom. The van der Waals surface area contributed by atoms with E-state index in [1.807, 2.05) is 78.9 Å². The second-order valence-electron chi connectivity index (χ2n) is 8.14. The lowest BCUT2D eigenvalue weighted by Crippen LogP contribution is -2.39. The standard InChI is InChI=1S/C29H30O4/c1-2-12-26-28(31-20-24-15-8-4-9-16-24)29(32-21-25-17-10-5-11-18-25)27(33-26)22-30-19-23-13-6-3-7-14-23/h1,3-11,13-18,26-29H,12,19-22H2/t26-,27+,28-,29+/m0/s1. The summed E-state index contributed by atoms with van der Waals surface area (Å²) in [5, 5.41) is 0. The molecule has 3 aromatic rings. The Balaban J connectivity index is 1.45. The summed E-state index contributed by atoms with van der Waals surface area (Å²) in [6.45, 7) is 1.86. The minimum absolute atomic E-state index is 0.246. The van der Waals surface area contributed by atoms with Gasteiger partial charge in [0.25, 0.3) is 0 Å². The third-order valence-corrected chi connectivity index (χ3v) is 5.69. The molecule has 4 heteroatoms. The summed E-state index contributed by atoms with van der Waals surface area (Å²) in [4.78, 5) is 0. The van der Waals surface area contributed by atoms with Crippen LogP contribution in [0.15, 0.2) is 91.0 Å². The molecule has 0 bridgehead atoms. The first-order chi connectivity index (χ1) is 16.3. The van der Waals surface area contributed by atoms with Gasteiger partial charge in [0.1, 0.15) is 18.3 Å². The van der Waals surface area contributed by atoms with E-state index >= 15 is 0 Å². The summed E-state index contributed by atoms with van der Waals surface area (Å²) in [7, 11) is 0. The van der Waals surface area contributed by atoms with Crippen LogP contribution < -0.4 is 0 Å². The van der Waals surface area contributed by atoms with Gasteiger partial charge < -0.3 is 18.9 Å². The Bertz CT molecular complexity index is 984. The fourth-order valence-corrected chi connectivity index (χ4v) is 4.02. The maximum Gasteiger partial charge on any atom is 0.115 e. The van der Waals surface area contributed by atoms with Crippen molar-refractivity contribution in [2.45, 2.75) is 50.7 Å². The van der Waals surface area contributed by atoms with Gasteiger partial charge in [0.2, 0.25) is 0 Å². The first-order valence-corrected chi connectivity index (χ1v) is 11.3. The Kier molecular flexibility index (Phi) is 8.69. The number of hydrogen-bond donors (Lipinski definition) is 0. The molecule has 0 amide bonds. The van der Waals surface area contributed by atoms with E-state index in [1.54, 1.807) is 0 Å². The predicted octanol–water partition coefficient (Wildman–Crippen LogP) is 5.16. The highest BCUT2D eigenvalue weighted by atomic mass is 16.6. The molecule has 1 aliphatic heterocycles. The molecule has 3 aromatic carbocycles. The lowest BCUT2D eigenvalue weighted by molar-refractivity contribution is -0.0898. The third-order valence-electron chi connectivity index (χ3n) is 5.69. The molecule has 1 aliphatic rings. The molecule has 33 heavy (non-hydrogen) atoms. The summed E-state index contributed by atoms with van der Waals surface area (Å²) >= 11 is 0. The van der Waals surface area contributed by atoms with Crippen LogP contribution in [0.25, 0.3) is 0 Å². The second-order valence-corrected chi connectivity index (χ2v) is 8.14. The highest BCUT2D eigenvalue weighted by Crippen LogP contribution is 2.30. The zero-order chi connectivity index (χ0) is 22.7. The van der Waals surface area contributed by atoms with E-state index in [-0.39, 0.29) is 24.4 Å². The first kappa shape index (κ1) is 23.2. The molecule has 0 aromatic heterocycles. The fourth-order valence-electron chi connectivity index (χ4n) is 4.02. The van der Waals surface area contributed by atoms with E-state index in [2.05, 4.69) is 18.1 Å². The first-order valence-electron chi connectivity index (χ1n) is 11.3. The predicted molar refractivity (Wildman–Crippen MR) is 128 cm³/mol. The molecule has 0 N–H and O–H groups in total. The molecule has 0 unspecified atom stereocenters. The average molecular weight is 443 g/mol. The van der Waals surface area contributed by atoms with Crippen molar-refractivity contribution < 1.29 is 18.9 Å². The maximum absolute atomic E-state index is 6.38. The van der Waals surface area contributed by atoms with Crippen LogP contribution in [-0.2, 0) is 38.8 Å². The third kappa shape index (κ3) is 6.77. The molecule has 0 spiro atoms. The van der Waals surface area contributed by atoms with Gasteiger partial charge in [-0.25, -0.2) is 0 Å². The molecular formula is C29H30O4. The van der Waals surface area contributed by atoms with Gasteiger partial charge in [-0.2, -0.15) is 0 Å². The van der Waals surface area contributed by atoms with Crippen LogP contribution in [-0.4, -0.2) is 31.0 Å². The second kappa shape index (κ2) is 12.3. The number of rotatable bonds is 11. The van der Waals surface area contributed by atoms with Crippen LogP contribution in [0.2, 0.25) is 0 Å². The van der Waals surface area contributed by atoms with Crippen LogP contribution in [0.4, 0.5) is 0 Å². The summed E-state index contributed by atoms with van der Waals surface area (Å²) in [6.07, 6.45) is 5.03. The van der Waals surface area contributed by atoms with Crippen LogP contribution in [0, 0.1) is 12.3 Å². The number of benzene rings is 3. The van der Waals surface area contributed by atoms with Gasteiger partial charge in [-0.15, -0.1) is 12.3 Å². The Morgan fingerprint density at radius 2 is 1.09 bits per heavy atom. The lowest BCUT2D eigenvalue weighted by atomic mass is 10.0. The smallest absolute Gasteiger partial charge is 0.115 e. The molecular weight excluding hydrogens is 412 g/mol. The van der Waals surface area contributed by atoms with Gasteiger partial charge in [-0.3, -0.25) is 0 Å². The van der Waals surface area contributed by atoms with Gasteiger partial charge in [0, 0.05) is 6.42 Å². The number of terminal acetylenes is 1. The monoisotopic (exact) mass is 442 g/mol. The van der Waals surface area contributed by atoms with E-state index in [0.717, 1.165) is 16.7 Å². The van der Waals surface area contributed by atoms with E-state index in [1.165, 1.54) is 0 Å². The lowest BCUT2D eigenvalue weighted by Gasteiger charge is -2.25. The summed E-state index contributed by atoms with van der Waals surface area (Å²) in [6, 6.07) is 30.3. The SMILES string of the molecule is C#CC[C@@H]1O[C@H](COCc2ccccc2)[C@@H](OCc2ccccc2)[C@H]1OCc1ccccc1. The van der Waals surface area contributed by atoms with E-state index in [9.17, 15) is 0 Å². The zero-order valence-corrected chi connectivity index (χ0v) is 18.7. The highest BCUT2D eigenvalue weighted by Gasteiger charge is 2.46. The van der Waals surface area contributed by atoms with Crippen molar-refractivity contribution in [3.63, 3.8) is 0 Å². The summed E-state index contributed by atoms with van der Waals surface area (Å²) in [5.74, 6) is 2.73. The minimum Gasteiger partial charge on any atom is -0.374 e. The molecule has 4 atom stereocenters. The number of hydrogen-bond acceptors (Lipinski definition) is 4. The van der Waals surface area contributed by atoms with Crippen molar-refractivity contribution >= 4 is 0 Å². The summed E-state index contributed by atoms with van der Waals surface area (Å²) in [5.41, 5.74) is 3.32. The van der Waals surface area contributed by atoms with E-state index in [0.29, 0.717) is 32.8 Å². The van der Waals surface area contributed by atoms with Gasteiger partial charge in [-0.1, -0.05) is 91.0 Å². The maximum atomic E-state index is 6.38. The number of ether oxygens (including phenoxy) is 4. The molecule has 0 radical (unpaired) electrons. The van der Waals surface area contributed by atoms with Gasteiger partial charge in [0.05, 0.1) is 32.5 Å². The van der Waals surface area contributed by atoms with Crippen LogP contribution in [0.3, 0.4) is 0 Å². The largest absolute Gasteiger partial charge is 0.374 e. The Hall–Kier alpha value is -2.94. The molecule has 4 rings (SSSR count). The molecule has 1 fully saturated rings. The normalized spacial score (nSPS) is 22.2. The van der Waals surface area contributed by atoms with E-state index in [4.69, 9.17) is 25.4 Å². The van der Waals surface area contributed by atoms with E-state index < -0.39 is 0 Å². The van der Waals surface area contributed by atoms with Crippen molar-refractivity contribution in [1.82, 2.24) is 0 Å². The van der Waals surface area contributed by atoms with Crippen LogP contribution >= 0.6 is 0 Å². The molecule has 0 saturated carbocycles. The molecule has 170 valence electrons. The van der Waals surface area contributed by atoms with Crippen LogP contribution in [0.5, 0.6) is 0 Å². The quantitative estimate of drug-likeness (QED) is 0.384.